The van der Waals surface area contributed by atoms with E-state index in [1.165, 1.54) is 109 Å². The molecule has 42 heavy (non-hydrogen) atoms. The lowest BCUT2D eigenvalue weighted by molar-refractivity contribution is -0.870. The van der Waals surface area contributed by atoms with Gasteiger partial charge in [0.15, 0.2) is 0 Å². The molecule has 0 amide bonds. The Morgan fingerprint density at radius 1 is 0.667 bits per heavy atom. The largest absolute Gasteiger partial charge is 0.756 e. The second-order valence-electron chi connectivity index (χ2n) is 12.7. The van der Waals surface area contributed by atoms with Crippen LogP contribution < -0.4 is 4.89 Å². The number of allylic oxidation sites excluding steroid dienone is 4. The number of phosphoric ester groups is 1. The van der Waals surface area contributed by atoms with E-state index < -0.39 is 13.9 Å². The monoisotopic (exact) mass is 617 g/mol. The number of phosphoric acid groups is 1. The third kappa shape index (κ3) is 34.0. The first-order valence-corrected chi connectivity index (χ1v) is 18.6. The van der Waals surface area contributed by atoms with E-state index in [1.807, 2.05) is 21.1 Å². The van der Waals surface area contributed by atoms with Crippen LogP contribution in [0.1, 0.15) is 135 Å². The van der Waals surface area contributed by atoms with E-state index in [1.54, 1.807) is 0 Å². The number of quaternary nitrogens is 1. The Labute approximate surface area is 260 Å². The van der Waals surface area contributed by atoms with Gasteiger partial charge in [0.1, 0.15) is 19.3 Å². The molecule has 0 aliphatic heterocycles. The number of ether oxygens (including phenoxy) is 1. The molecule has 0 fully saturated rings. The number of rotatable bonds is 32. The van der Waals surface area contributed by atoms with Crippen LogP contribution in [0.2, 0.25) is 0 Å². The normalized spacial score (nSPS) is 14.7. The van der Waals surface area contributed by atoms with Crippen molar-refractivity contribution >= 4 is 7.82 Å². The van der Waals surface area contributed by atoms with Crippen LogP contribution in [0, 0.1) is 0 Å². The van der Waals surface area contributed by atoms with Crippen molar-refractivity contribution in [2.45, 2.75) is 141 Å². The summed E-state index contributed by atoms with van der Waals surface area (Å²) in [7, 11) is 1.44. The van der Waals surface area contributed by atoms with E-state index in [9.17, 15) is 14.6 Å². The zero-order chi connectivity index (χ0) is 31.2. The van der Waals surface area contributed by atoms with Crippen molar-refractivity contribution < 1.29 is 32.8 Å². The molecule has 0 aliphatic carbocycles. The summed E-state index contributed by atoms with van der Waals surface area (Å²) in [6, 6.07) is 0. The van der Waals surface area contributed by atoms with Crippen LogP contribution in [0.15, 0.2) is 24.3 Å². The molecule has 0 saturated heterocycles. The van der Waals surface area contributed by atoms with Gasteiger partial charge in [-0.2, -0.15) is 0 Å². The molecule has 2 unspecified atom stereocenters. The first-order chi connectivity index (χ1) is 20.2. The Bertz CT molecular complexity index is 679. The van der Waals surface area contributed by atoms with Gasteiger partial charge >= 0.3 is 0 Å². The van der Waals surface area contributed by atoms with Crippen molar-refractivity contribution in [3.63, 3.8) is 0 Å². The van der Waals surface area contributed by atoms with Crippen LogP contribution in [0.3, 0.4) is 0 Å². The van der Waals surface area contributed by atoms with E-state index in [4.69, 9.17) is 13.8 Å². The van der Waals surface area contributed by atoms with E-state index in [2.05, 4.69) is 31.2 Å². The maximum absolute atomic E-state index is 11.7. The van der Waals surface area contributed by atoms with Gasteiger partial charge in [-0.05, 0) is 38.5 Å². The van der Waals surface area contributed by atoms with Gasteiger partial charge in [0.25, 0.3) is 7.82 Å². The fourth-order valence-electron chi connectivity index (χ4n) is 4.52. The first-order valence-electron chi connectivity index (χ1n) is 17.1. The number of unbranched alkanes of at least 4 members (excludes halogenated alkanes) is 17. The summed E-state index contributed by atoms with van der Waals surface area (Å²) in [5.74, 6) is 0. The van der Waals surface area contributed by atoms with Crippen molar-refractivity contribution in [2.24, 2.45) is 0 Å². The summed E-state index contributed by atoms with van der Waals surface area (Å²) in [5.41, 5.74) is 0. The Balaban J connectivity index is 3.35. The quantitative estimate of drug-likeness (QED) is 0.0352. The average molecular weight is 618 g/mol. The number of aliphatic hydroxyl groups is 1. The fraction of sp³-hybridized carbons (Fsp3) is 0.882. The number of likely N-dealkylation sites (N-methyl/N-ethyl adjacent to an activating group) is 1. The maximum Gasteiger partial charge on any atom is 0.268 e. The van der Waals surface area contributed by atoms with Gasteiger partial charge in [-0.3, -0.25) is 4.57 Å². The minimum atomic E-state index is -4.40. The van der Waals surface area contributed by atoms with Crippen molar-refractivity contribution in [3.05, 3.63) is 24.3 Å². The summed E-state index contributed by atoms with van der Waals surface area (Å²) in [6.07, 6.45) is 34.1. The highest BCUT2D eigenvalue weighted by atomic mass is 31.2. The van der Waals surface area contributed by atoms with Crippen LogP contribution in [0.5, 0.6) is 0 Å². The van der Waals surface area contributed by atoms with Gasteiger partial charge in [-0.25, -0.2) is 0 Å². The molecule has 0 radical (unpaired) electrons. The topological polar surface area (TPSA) is 88.0 Å². The summed E-state index contributed by atoms with van der Waals surface area (Å²) in [5, 5.41) is 9.88. The molecule has 0 heterocycles. The van der Waals surface area contributed by atoms with Crippen LogP contribution in [-0.4, -0.2) is 69.8 Å². The molecule has 0 aromatic rings. The molecule has 8 heteroatoms. The van der Waals surface area contributed by atoms with Crippen molar-refractivity contribution in [1.82, 2.24) is 0 Å². The number of nitrogens with zero attached hydrogens (tertiary/aromatic N) is 1. The molecular weight excluding hydrogens is 549 g/mol. The second-order valence-corrected chi connectivity index (χ2v) is 14.1. The molecule has 7 nitrogen and oxygen atoms in total. The lowest BCUT2D eigenvalue weighted by atomic mass is 10.0. The molecule has 0 aromatic heterocycles. The lowest BCUT2D eigenvalue weighted by Gasteiger charge is -2.27. The fourth-order valence-corrected chi connectivity index (χ4v) is 5.25. The van der Waals surface area contributed by atoms with Crippen molar-refractivity contribution in [2.75, 3.05) is 54.1 Å². The molecule has 0 bridgehead atoms. The Kier molecular flexibility index (Phi) is 28.8. The van der Waals surface area contributed by atoms with Gasteiger partial charge in [-0.1, -0.05) is 121 Å². The van der Waals surface area contributed by atoms with Crippen molar-refractivity contribution in [1.29, 1.82) is 0 Å². The second kappa shape index (κ2) is 29.2. The highest BCUT2D eigenvalue weighted by Gasteiger charge is 2.15. The predicted molar refractivity (Wildman–Crippen MR) is 176 cm³/mol. The summed E-state index contributed by atoms with van der Waals surface area (Å²) < 4.78 is 27.4. The molecule has 0 rings (SSSR count). The molecule has 0 aliphatic rings. The standard InChI is InChI=1S/C34H68NO6P/c1-5-6-7-8-9-10-11-12-13-14-15-16-17-18-19-20-21-22-23-24-25-26-27-28-30-39-32-34(36)33-41-42(37,38)40-31-29-35(2,3)4/h11-12,14-15,34,36H,5-10,13,16-33H2,1-4H3/b12-11-,15-14-. The third-order valence-electron chi connectivity index (χ3n) is 7.24. The Morgan fingerprint density at radius 3 is 1.64 bits per heavy atom. The highest BCUT2D eigenvalue weighted by molar-refractivity contribution is 7.45. The van der Waals surface area contributed by atoms with Crippen LogP contribution in [0.4, 0.5) is 0 Å². The van der Waals surface area contributed by atoms with Crippen LogP contribution >= 0.6 is 7.82 Å². The lowest BCUT2D eigenvalue weighted by Crippen LogP contribution is -2.37. The minimum absolute atomic E-state index is 0.0488. The number of aliphatic hydroxyl groups excluding tert-OH is 1. The molecule has 1 N–H and O–H groups in total. The molecule has 0 aromatic carbocycles. The van der Waals surface area contributed by atoms with Gasteiger partial charge in [0.2, 0.25) is 0 Å². The van der Waals surface area contributed by atoms with Crippen LogP contribution in [-0.2, 0) is 18.3 Å². The van der Waals surface area contributed by atoms with Gasteiger partial charge in [0.05, 0.1) is 34.4 Å². The summed E-state index contributed by atoms with van der Waals surface area (Å²) in [6.45, 7) is 3.14. The number of hydrogen-bond acceptors (Lipinski definition) is 6. The summed E-state index contributed by atoms with van der Waals surface area (Å²) >= 11 is 0. The smallest absolute Gasteiger partial charge is 0.268 e. The SMILES string of the molecule is CCCCCCC/C=C\C/C=C\CCCCCCCCCCCCCCOCC(O)COP(=O)([O-])OCC[N+](C)(C)C. The zero-order valence-corrected chi connectivity index (χ0v) is 28.8. The number of hydrogen-bond donors (Lipinski definition) is 1. The molecule has 2 atom stereocenters. The third-order valence-corrected chi connectivity index (χ3v) is 8.20. The first kappa shape index (κ1) is 41.5. The molecule has 0 spiro atoms. The van der Waals surface area contributed by atoms with Gasteiger partial charge in [-0.15, -0.1) is 0 Å². The minimum Gasteiger partial charge on any atom is -0.756 e. The van der Waals surface area contributed by atoms with Crippen LogP contribution in [0.25, 0.3) is 0 Å². The highest BCUT2D eigenvalue weighted by Crippen LogP contribution is 2.38. The van der Waals surface area contributed by atoms with Gasteiger partial charge in [0, 0.05) is 6.61 Å². The predicted octanol–water partition coefficient (Wildman–Crippen LogP) is 8.51. The molecule has 0 saturated carbocycles. The molecule has 250 valence electrons. The van der Waals surface area contributed by atoms with E-state index in [0.29, 0.717) is 17.6 Å². The Hall–Kier alpha value is -0.530. The summed E-state index contributed by atoms with van der Waals surface area (Å²) in [4.78, 5) is 11.7. The zero-order valence-electron chi connectivity index (χ0n) is 27.9. The van der Waals surface area contributed by atoms with E-state index in [-0.39, 0.29) is 19.8 Å². The van der Waals surface area contributed by atoms with Crippen molar-refractivity contribution in [3.8, 4) is 0 Å². The Morgan fingerprint density at radius 2 is 1.14 bits per heavy atom. The molecular formula is C34H68NO6P. The average Bonchev–Trinajstić information content (AvgIpc) is 2.93. The van der Waals surface area contributed by atoms with E-state index in [0.717, 1.165) is 19.3 Å². The maximum atomic E-state index is 11.7. The van der Waals surface area contributed by atoms with E-state index >= 15 is 0 Å². The van der Waals surface area contributed by atoms with Gasteiger partial charge < -0.3 is 28.3 Å².